The zero-order valence-electron chi connectivity index (χ0n) is 16.8. The van der Waals surface area contributed by atoms with Crippen molar-refractivity contribution in [1.82, 2.24) is 9.88 Å². The van der Waals surface area contributed by atoms with Gasteiger partial charge in [0.1, 0.15) is 12.4 Å². The minimum Gasteiger partial charge on any atom is -0.492 e. The molecule has 1 N–H and O–H groups in total. The molecule has 0 saturated heterocycles. The summed E-state index contributed by atoms with van der Waals surface area (Å²) in [6.07, 6.45) is 3.00. The van der Waals surface area contributed by atoms with E-state index in [9.17, 15) is 13.2 Å². The molecule has 0 aliphatic heterocycles. The van der Waals surface area contributed by atoms with Crippen LogP contribution in [0.4, 0.5) is 5.69 Å². The van der Waals surface area contributed by atoms with Gasteiger partial charge >= 0.3 is 0 Å². The van der Waals surface area contributed by atoms with Crippen molar-refractivity contribution in [2.45, 2.75) is 11.8 Å². The first-order valence-electron chi connectivity index (χ1n) is 9.33. The summed E-state index contributed by atoms with van der Waals surface area (Å²) in [5.41, 5.74) is 1.96. The molecule has 0 unspecified atom stereocenters. The first-order valence-corrected chi connectivity index (χ1v) is 10.8. The molecule has 0 aliphatic rings. The lowest BCUT2D eigenvalue weighted by molar-refractivity contribution is 0.0773. The molecule has 7 nitrogen and oxygen atoms in total. The average molecular weight is 426 g/mol. The Labute approximate surface area is 176 Å². The Morgan fingerprint density at radius 2 is 1.63 bits per heavy atom. The molecule has 0 aliphatic carbocycles. The molecule has 0 radical (unpaired) electrons. The standard InChI is InChI=1S/C22H23N3O4S/c1-17-3-7-20(8-4-17)29-16-15-25(2)22(26)18-5-9-21(10-6-18)30(27,28)24-19-11-13-23-14-12-19/h3-14H,15-16H2,1-2H3,(H,23,24). The fourth-order valence-corrected chi connectivity index (χ4v) is 3.73. The van der Waals surface area contributed by atoms with E-state index in [0.29, 0.717) is 24.4 Å². The van der Waals surface area contributed by atoms with Crippen LogP contribution in [0.15, 0.2) is 78.0 Å². The number of ether oxygens (including phenoxy) is 1. The molecule has 0 saturated carbocycles. The van der Waals surface area contributed by atoms with Gasteiger partial charge in [-0.1, -0.05) is 17.7 Å². The maximum atomic E-state index is 12.6. The van der Waals surface area contributed by atoms with Crippen LogP contribution in [0.5, 0.6) is 5.75 Å². The normalized spacial score (nSPS) is 11.0. The van der Waals surface area contributed by atoms with E-state index in [0.717, 1.165) is 11.3 Å². The molecule has 1 heterocycles. The largest absolute Gasteiger partial charge is 0.492 e. The first-order chi connectivity index (χ1) is 14.3. The lowest BCUT2D eigenvalue weighted by atomic mass is 10.2. The number of hydrogen-bond donors (Lipinski definition) is 1. The number of carbonyl (C=O) groups is 1. The predicted molar refractivity (Wildman–Crippen MR) is 115 cm³/mol. The summed E-state index contributed by atoms with van der Waals surface area (Å²) < 4.78 is 33.1. The average Bonchev–Trinajstić information content (AvgIpc) is 2.75. The minimum absolute atomic E-state index is 0.0706. The Morgan fingerprint density at radius 1 is 1.00 bits per heavy atom. The molecule has 3 aromatic rings. The number of anilines is 1. The minimum atomic E-state index is -3.75. The highest BCUT2D eigenvalue weighted by molar-refractivity contribution is 7.92. The second-order valence-electron chi connectivity index (χ2n) is 6.75. The molecule has 8 heteroatoms. The fourth-order valence-electron chi connectivity index (χ4n) is 2.67. The molecular weight excluding hydrogens is 402 g/mol. The number of benzene rings is 2. The Kier molecular flexibility index (Phi) is 6.68. The SMILES string of the molecule is Cc1ccc(OCCN(C)C(=O)c2ccc(S(=O)(=O)Nc3ccncc3)cc2)cc1. The number of pyridine rings is 1. The van der Waals surface area contributed by atoms with E-state index in [1.165, 1.54) is 41.6 Å². The van der Waals surface area contributed by atoms with Crippen LogP contribution in [0.1, 0.15) is 15.9 Å². The van der Waals surface area contributed by atoms with Crippen molar-refractivity contribution < 1.29 is 17.9 Å². The smallest absolute Gasteiger partial charge is 0.261 e. The molecule has 0 spiro atoms. The Morgan fingerprint density at radius 3 is 2.27 bits per heavy atom. The maximum Gasteiger partial charge on any atom is 0.261 e. The summed E-state index contributed by atoms with van der Waals surface area (Å²) in [6.45, 7) is 2.76. The molecule has 0 bridgehead atoms. The number of aryl methyl sites for hydroxylation is 1. The fraction of sp³-hybridized carbons (Fsp3) is 0.182. The van der Waals surface area contributed by atoms with Gasteiger partial charge in [-0.2, -0.15) is 0 Å². The number of sulfonamides is 1. The summed E-state index contributed by atoms with van der Waals surface area (Å²) in [5.74, 6) is 0.534. The molecule has 156 valence electrons. The molecule has 1 amide bonds. The number of nitrogens with zero attached hydrogens (tertiary/aromatic N) is 2. The predicted octanol–water partition coefficient (Wildman–Crippen LogP) is 3.34. The molecule has 0 atom stereocenters. The van der Waals surface area contributed by atoms with Crippen molar-refractivity contribution in [1.29, 1.82) is 0 Å². The van der Waals surface area contributed by atoms with Crippen LogP contribution < -0.4 is 9.46 Å². The van der Waals surface area contributed by atoms with Gasteiger partial charge in [-0.25, -0.2) is 8.42 Å². The summed E-state index contributed by atoms with van der Waals surface area (Å²) in [5, 5.41) is 0. The second-order valence-corrected chi connectivity index (χ2v) is 8.44. The van der Waals surface area contributed by atoms with Gasteiger partial charge in [-0.3, -0.25) is 14.5 Å². The van der Waals surface area contributed by atoms with E-state index in [1.54, 1.807) is 19.2 Å². The van der Waals surface area contributed by atoms with Crippen LogP contribution in [0.25, 0.3) is 0 Å². The van der Waals surface area contributed by atoms with Crippen molar-refractivity contribution in [3.8, 4) is 5.75 Å². The Bertz CT molecular complexity index is 1080. The number of likely N-dealkylation sites (N-methyl/N-ethyl adjacent to an activating group) is 1. The van der Waals surface area contributed by atoms with E-state index >= 15 is 0 Å². The van der Waals surface area contributed by atoms with Crippen LogP contribution in [-0.4, -0.2) is 44.4 Å². The van der Waals surface area contributed by atoms with Crippen molar-refractivity contribution in [2.24, 2.45) is 0 Å². The third-order valence-electron chi connectivity index (χ3n) is 4.41. The van der Waals surface area contributed by atoms with Crippen LogP contribution in [0, 0.1) is 6.92 Å². The van der Waals surface area contributed by atoms with Crippen molar-refractivity contribution in [3.63, 3.8) is 0 Å². The lowest BCUT2D eigenvalue weighted by Crippen LogP contribution is -2.30. The number of rotatable bonds is 8. The van der Waals surface area contributed by atoms with Gasteiger partial charge in [0.05, 0.1) is 17.1 Å². The highest BCUT2D eigenvalue weighted by atomic mass is 32.2. The van der Waals surface area contributed by atoms with Crippen LogP contribution >= 0.6 is 0 Å². The maximum absolute atomic E-state index is 12.6. The van der Waals surface area contributed by atoms with Crippen molar-refractivity contribution >= 4 is 21.6 Å². The highest BCUT2D eigenvalue weighted by Crippen LogP contribution is 2.17. The van der Waals surface area contributed by atoms with Gasteiger partial charge in [0, 0.05) is 25.0 Å². The second kappa shape index (κ2) is 9.41. The third kappa shape index (κ3) is 5.57. The Hall–Kier alpha value is -3.39. The highest BCUT2D eigenvalue weighted by Gasteiger charge is 2.17. The summed E-state index contributed by atoms with van der Waals surface area (Å²) >= 11 is 0. The molecule has 2 aromatic carbocycles. The number of hydrogen-bond acceptors (Lipinski definition) is 5. The summed E-state index contributed by atoms with van der Waals surface area (Å²) in [7, 11) is -2.07. The number of carbonyl (C=O) groups excluding carboxylic acids is 1. The van der Waals surface area contributed by atoms with Crippen molar-refractivity contribution in [3.05, 3.63) is 84.2 Å². The molecule has 3 rings (SSSR count). The summed E-state index contributed by atoms with van der Waals surface area (Å²) in [4.78, 5) is 18.0. The van der Waals surface area contributed by atoms with E-state index in [2.05, 4.69) is 9.71 Å². The van der Waals surface area contributed by atoms with Gasteiger partial charge in [-0.05, 0) is 55.5 Å². The number of nitrogens with one attached hydrogen (secondary N) is 1. The van der Waals surface area contributed by atoms with Crippen LogP contribution in [-0.2, 0) is 10.0 Å². The topological polar surface area (TPSA) is 88.6 Å². The lowest BCUT2D eigenvalue weighted by Gasteiger charge is -2.18. The molecular formula is C22H23N3O4S. The van der Waals surface area contributed by atoms with Crippen LogP contribution in [0.3, 0.4) is 0 Å². The number of amides is 1. The molecule has 30 heavy (non-hydrogen) atoms. The Balaban J connectivity index is 1.57. The van der Waals surface area contributed by atoms with E-state index < -0.39 is 10.0 Å². The number of aromatic nitrogens is 1. The van der Waals surface area contributed by atoms with Gasteiger partial charge in [0.25, 0.3) is 15.9 Å². The van der Waals surface area contributed by atoms with E-state index in [-0.39, 0.29) is 10.8 Å². The van der Waals surface area contributed by atoms with Gasteiger partial charge < -0.3 is 9.64 Å². The van der Waals surface area contributed by atoms with Gasteiger partial charge in [0.15, 0.2) is 0 Å². The quantitative estimate of drug-likeness (QED) is 0.598. The van der Waals surface area contributed by atoms with E-state index in [4.69, 9.17) is 4.74 Å². The van der Waals surface area contributed by atoms with Gasteiger partial charge in [0.2, 0.25) is 0 Å². The monoisotopic (exact) mass is 425 g/mol. The van der Waals surface area contributed by atoms with Crippen LogP contribution in [0.2, 0.25) is 0 Å². The van der Waals surface area contributed by atoms with Crippen molar-refractivity contribution in [2.75, 3.05) is 24.9 Å². The summed E-state index contributed by atoms with van der Waals surface area (Å²) in [6, 6.07) is 16.6. The van der Waals surface area contributed by atoms with Gasteiger partial charge in [-0.15, -0.1) is 0 Å². The van der Waals surface area contributed by atoms with E-state index in [1.807, 2.05) is 31.2 Å². The molecule has 1 aromatic heterocycles. The zero-order chi connectivity index (χ0) is 21.6. The molecule has 0 fully saturated rings. The third-order valence-corrected chi connectivity index (χ3v) is 5.80. The first kappa shape index (κ1) is 21.3. The zero-order valence-corrected chi connectivity index (χ0v) is 17.6.